The van der Waals surface area contributed by atoms with E-state index in [9.17, 15) is 24.0 Å². The van der Waals surface area contributed by atoms with E-state index in [1.54, 1.807) is 6.07 Å². The number of nitrogens with zero attached hydrogens (tertiary/aromatic N) is 1. The van der Waals surface area contributed by atoms with Gasteiger partial charge in [0.1, 0.15) is 11.5 Å². The van der Waals surface area contributed by atoms with Crippen molar-refractivity contribution < 1.29 is 57.1 Å². The lowest BCUT2D eigenvalue weighted by molar-refractivity contribution is -0.282. The molecule has 2 aliphatic carbocycles. The molecule has 0 N–H and O–H groups in total. The third-order valence-corrected chi connectivity index (χ3v) is 9.93. The van der Waals surface area contributed by atoms with Crippen LogP contribution >= 0.6 is 31.9 Å². The van der Waals surface area contributed by atoms with E-state index in [4.69, 9.17) is 33.2 Å². The Bertz CT molecular complexity index is 1670. The molecule has 2 heterocycles. The first kappa shape index (κ1) is 35.7. The molecule has 13 nitrogen and oxygen atoms in total. The monoisotopic (exact) mass is 795 g/mol. The van der Waals surface area contributed by atoms with E-state index in [1.807, 2.05) is 0 Å². The highest BCUT2D eigenvalue weighted by Gasteiger charge is 2.56. The van der Waals surface area contributed by atoms with E-state index >= 15 is 0 Å². The van der Waals surface area contributed by atoms with Crippen molar-refractivity contribution in [1.29, 1.82) is 0 Å². The molecule has 48 heavy (non-hydrogen) atoms. The maximum Gasteiger partial charge on any atom is 0.339 e. The van der Waals surface area contributed by atoms with Crippen LogP contribution in [0.3, 0.4) is 0 Å². The van der Waals surface area contributed by atoms with Gasteiger partial charge < -0.3 is 33.2 Å². The molecular formula is C33H35Br2NO12. The molecule has 3 aliphatic rings. The molecular weight excluding hydrogens is 762 g/mol. The molecule has 1 aromatic heterocycles. The molecule has 0 radical (unpaired) electrons. The average Bonchev–Trinajstić information content (AvgIpc) is 3.49. The molecule has 1 saturated carbocycles. The van der Waals surface area contributed by atoms with Gasteiger partial charge in [0, 0.05) is 40.5 Å². The fourth-order valence-corrected chi connectivity index (χ4v) is 8.03. The smallest absolute Gasteiger partial charge is 0.339 e. The zero-order valence-electron chi connectivity index (χ0n) is 26.9. The highest BCUT2D eigenvalue weighted by atomic mass is 79.9. The molecule has 0 bridgehead atoms. The number of rotatable bonds is 9. The molecule has 1 saturated heterocycles. The van der Waals surface area contributed by atoms with E-state index in [-0.39, 0.29) is 11.7 Å². The molecule has 0 spiro atoms. The Morgan fingerprint density at radius 1 is 0.896 bits per heavy atom. The van der Waals surface area contributed by atoms with Gasteiger partial charge in [-0.25, -0.2) is 4.79 Å². The van der Waals surface area contributed by atoms with Crippen molar-refractivity contribution in [3.8, 4) is 23.3 Å². The fourth-order valence-electron chi connectivity index (χ4n) is 6.51. The summed E-state index contributed by atoms with van der Waals surface area (Å²) in [5.74, 6) is 4.71. The third kappa shape index (κ3) is 7.50. The van der Waals surface area contributed by atoms with Crippen molar-refractivity contribution in [2.24, 2.45) is 17.8 Å². The Morgan fingerprint density at radius 3 is 2.04 bits per heavy atom. The molecule has 258 valence electrons. The summed E-state index contributed by atoms with van der Waals surface area (Å²) < 4.78 is 42.2. The van der Waals surface area contributed by atoms with Gasteiger partial charge in [0.25, 0.3) is 0 Å². The van der Waals surface area contributed by atoms with Gasteiger partial charge in [-0.1, -0.05) is 0 Å². The van der Waals surface area contributed by atoms with Gasteiger partial charge in [-0.15, -0.1) is 11.8 Å². The summed E-state index contributed by atoms with van der Waals surface area (Å²) >= 11 is 7.25. The first-order valence-corrected chi connectivity index (χ1v) is 16.9. The molecule has 15 heteroatoms. The minimum atomic E-state index is -1.65. The molecule has 0 unspecified atom stereocenters. The number of carbonyl (C=O) groups excluding carboxylic acids is 5. The van der Waals surface area contributed by atoms with E-state index in [0.29, 0.717) is 50.0 Å². The second-order valence-corrected chi connectivity index (χ2v) is 13.4. The van der Waals surface area contributed by atoms with E-state index < -0.39 is 54.6 Å². The number of fused-ring (bicyclic) bond motifs is 2. The normalized spacial score (nSPS) is 27.6. The number of methoxy groups -OCH3 is 1. The predicted molar refractivity (Wildman–Crippen MR) is 174 cm³/mol. The van der Waals surface area contributed by atoms with Crippen molar-refractivity contribution in [2.75, 3.05) is 13.7 Å². The zero-order chi connectivity index (χ0) is 34.9. The van der Waals surface area contributed by atoms with Crippen molar-refractivity contribution >= 4 is 72.5 Å². The molecule has 1 aliphatic heterocycles. The van der Waals surface area contributed by atoms with Crippen LogP contribution in [0, 0.1) is 29.6 Å². The zero-order valence-corrected chi connectivity index (χ0v) is 30.1. The van der Waals surface area contributed by atoms with Crippen LogP contribution in [0.15, 0.2) is 21.2 Å². The lowest BCUT2D eigenvalue weighted by Gasteiger charge is -2.43. The SMILES string of the molecule is COC(=O)[C@H]1O[C@@H](Oc2cn(C(C)=O)c3cc(Br)c(OC[C@@H]4[C@@H]5CCC#CCC[C@@H]54)c(Br)c23)[C@H](OC(C)=O)[C@@H](OC(C)=O)[C@@H]1OC(C)=O. The first-order valence-electron chi connectivity index (χ1n) is 15.4. The Balaban J connectivity index is 1.53. The van der Waals surface area contributed by atoms with Crippen molar-refractivity contribution in [2.45, 2.75) is 84.1 Å². The summed E-state index contributed by atoms with van der Waals surface area (Å²) in [6.45, 7) is 5.14. The van der Waals surface area contributed by atoms with E-state index in [2.05, 4.69) is 43.7 Å². The van der Waals surface area contributed by atoms with Gasteiger partial charge in [0.05, 0.1) is 39.8 Å². The largest absolute Gasteiger partial charge is 0.491 e. The number of ether oxygens (including phenoxy) is 7. The van der Waals surface area contributed by atoms with Crippen LogP contribution in [0.2, 0.25) is 0 Å². The van der Waals surface area contributed by atoms with Crippen molar-refractivity contribution in [3.63, 3.8) is 0 Å². The molecule has 8 atom stereocenters. The second kappa shape index (κ2) is 14.9. The van der Waals surface area contributed by atoms with Gasteiger partial charge in [-0.05, 0) is 68.5 Å². The summed E-state index contributed by atoms with van der Waals surface area (Å²) in [4.78, 5) is 62.2. The predicted octanol–water partition coefficient (Wildman–Crippen LogP) is 4.72. The number of aromatic nitrogens is 1. The van der Waals surface area contributed by atoms with Crippen LogP contribution in [0.5, 0.6) is 11.5 Å². The minimum absolute atomic E-state index is 0.0768. The standard InChI is InChI=1S/C33H35Br2NO12/c1-15(37)36-13-24(25-23(36)12-22(34)27(26(25)35)43-14-21-19-10-8-6-7-9-11-20(19)21)47-33-31(46-18(4)40)29(45-17(3)39)28(44-16(2)38)30(48-33)32(41)42-5/h12-13,19-21,28-31,33H,8-11,14H2,1-5H3/t19-,20+,21-,28-,29-,30-,31+,33+/m0/s1. The third-order valence-electron chi connectivity index (χ3n) is 8.58. The number of hydrogen-bond donors (Lipinski definition) is 0. The first-order chi connectivity index (χ1) is 22.8. The quantitative estimate of drug-likeness (QED) is 0.196. The van der Waals surface area contributed by atoms with Gasteiger partial charge in [-0.3, -0.25) is 23.7 Å². The molecule has 5 rings (SSSR count). The Hall–Kier alpha value is -3.61. The molecule has 0 amide bonds. The summed E-state index contributed by atoms with van der Waals surface area (Å²) in [7, 11) is 1.09. The van der Waals surface area contributed by atoms with Crippen LogP contribution < -0.4 is 9.47 Å². The maximum atomic E-state index is 12.9. The average molecular weight is 797 g/mol. The topological polar surface area (TPSA) is 155 Å². The van der Waals surface area contributed by atoms with E-state index in [1.165, 1.54) is 17.7 Å². The summed E-state index contributed by atoms with van der Waals surface area (Å²) in [5.41, 5.74) is 0.438. The Labute approximate surface area is 293 Å². The lowest BCUT2D eigenvalue weighted by atomic mass is 9.97. The second-order valence-electron chi connectivity index (χ2n) is 11.8. The summed E-state index contributed by atoms with van der Waals surface area (Å²) in [6.07, 6.45) is -2.66. The van der Waals surface area contributed by atoms with Crippen LogP contribution in [0.4, 0.5) is 0 Å². The maximum absolute atomic E-state index is 12.9. The van der Waals surface area contributed by atoms with E-state index in [0.717, 1.165) is 53.6 Å². The minimum Gasteiger partial charge on any atom is -0.491 e. The van der Waals surface area contributed by atoms with Crippen molar-refractivity contribution in [3.05, 3.63) is 21.2 Å². The fraction of sp³-hybridized carbons (Fsp3) is 0.545. The number of carbonyl (C=O) groups is 5. The van der Waals surface area contributed by atoms with Crippen molar-refractivity contribution in [1.82, 2.24) is 4.57 Å². The number of esters is 4. The van der Waals surface area contributed by atoms with Gasteiger partial charge >= 0.3 is 23.9 Å². The van der Waals surface area contributed by atoms with Crippen LogP contribution in [0.1, 0.15) is 58.2 Å². The van der Waals surface area contributed by atoms with Crippen LogP contribution in [-0.4, -0.2) is 78.8 Å². The Morgan fingerprint density at radius 2 is 1.48 bits per heavy atom. The van der Waals surface area contributed by atoms with Crippen LogP contribution in [0.25, 0.3) is 10.9 Å². The number of benzene rings is 1. The molecule has 1 aromatic carbocycles. The number of hydrogen-bond acceptors (Lipinski definition) is 12. The highest BCUT2D eigenvalue weighted by Crippen LogP contribution is 2.53. The van der Waals surface area contributed by atoms with Gasteiger partial charge in [0.2, 0.25) is 18.3 Å². The molecule has 2 fully saturated rings. The Kier molecular flexibility index (Phi) is 11.1. The highest BCUT2D eigenvalue weighted by molar-refractivity contribution is 9.11. The molecule has 2 aromatic rings. The lowest BCUT2D eigenvalue weighted by Crippen LogP contribution is -2.64. The van der Waals surface area contributed by atoms with Crippen LogP contribution in [-0.2, 0) is 42.9 Å². The number of halogens is 2. The van der Waals surface area contributed by atoms with Gasteiger partial charge in [0.15, 0.2) is 18.3 Å². The summed E-state index contributed by atoms with van der Waals surface area (Å²) in [5, 5.41) is 0.407. The summed E-state index contributed by atoms with van der Waals surface area (Å²) in [6, 6.07) is 1.72. The van der Waals surface area contributed by atoms with Gasteiger partial charge in [-0.2, -0.15) is 0 Å².